The lowest BCUT2D eigenvalue weighted by atomic mass is 10.2. The zero-order chi connectivity index (χ0) is 24.2. The van der Waals surface area contributed by atoms with Gasteiger partial charge < -0.3 is 14.2 Å². The summed E-state index contributed by atoms with van der Waals surface area (Å²) in [6.07, 6.45) is 0. The zero-order valence-electron chi connectivity index (χ0n) is 18.7. The van der Waals surface area contributed by atoms with Crippen LogP contribution in [0.5, 0.6) is 11.5 Å². The molecule has 176 valence electrons. The van der Waals surface area contributed by atoms with E-state index in [0.29, 0.717) is 35.2 Å². The molecule has 0 bridgehead atoms. The molecule has 0 radical (unpaired) electrons. The van der Waals surface area contributed by atoms with Gasteiger partial charge in [0.2, 0.25) is 0 Å². The van der Waals surface area contributed by atoms with Crippen LogP contribution in [0.1, 0.15) is 41.5 Å². The molecule has 33 heavy (non-hydrogen) atoms. The summed E-state index contributed by atoms with van der Waals surface area (Å²) < 4.78 is 15.9. The Balaban J connectivity index is 1.74. The standard InChI is InChI=1S/C23H27N3O6S/c1-4-30-22(29)16-8-10-18(11-9-16)32-14-20(27)25-26-23(33)24-21(28)17-6-5-7-19(12-17)31-13-15(2)3/h5-12,15H,4,13-14H2,1-3H3,(H,25,27)(H2,24,26,28,33). The zero-order valence-corrected chi connectivity index (χ0v) is 19.5. The van der Waals surface area contributed by atoms with Crippen LogP contribution in [0.2, 0.25) is 0 Å². The summed E-state index contributed by atoms with van der Waals surface area (Å²) in [5.74, 6) is -0.0726. The number of thiocarbonyl (C=S) groups is 1. The molecule has 9 nitrogen and oxygen atoms in total. The minimum absolute atomic E-state index is 0.0827. The molecule has 0 fully saturated rings. The second-order valence-corrected chi connectivity index (χ2v) is 7.63. The van der Waals surface area contributed by atoms with Crippen LogP contribution in [0, 0.1) is 5.92 Å². The fourth-order valence-electron chi connectivity index (χ4n) is 2.41. The van der Waals surface area contributed by atoms with Gasteiger partial charge in [-0.3, -0.25) is 25.8 Å². The van der Waals surface area contributed by atoms with Crippen LogP contribution in [0.4, 0.5) is 0 Å². The second kappa shape index (κ2) is 13.0. The number of hydrogen-bond donors (Lipinski definition) is 3. The molecule has 0 spiro atoms. The first kappa shape index (κ1) is 25.6. The minimum Gasteiger partial charge on any atom is -0.493 e. The molecule has 0 aromatic heterocycles. The van der Waals surface area contributed by atoms with E-state index in [1.165, 1.54) is 12.1 Å². The maximum absolute atomic E-state index is 12.4. The Morgan fingerprint density at radius 3 is 2.33 bits per heavy atom. The number of rotatable bonds is 9. The number of hydrazine groups is 1. The maximum Gasteiger partial charge on any atom is 0.338 e. The molecule has 2 amide bonds. The Labute approximate surface area is 197 Å². The molecule has 3 N–H and O–H groups in total. The van der Waals surface area contributed by atoms with Crippen LogP contribution in [0.15, 0.2) is 48.5 Å². The summed E-state index contributed by atoms with van der Waals surface area (Å²) in [7, 11) is 0. The van der Waals surface area contributed by atoms with Crippen molar-refractivity contribution in [2.75, 3.05) is 19.8 Å². The third-order valence-corrected chi connectivity index (χ3v) is 4.16. The van der Waals surface area contributed by atoms with Gasteiger partial charge in [-0.1, -0.05) is 19.9 Å². The van der Waals surface area contributed by atoms with E-state index in [4.69, 9.17) is 26.4 Å². The Morgan fingerprint density at radius 1 is 0.939 bits per heavy atom. The van der Waals surface area contributed by atoms with Crippen LogP contribution in [-0.2, 0) is 9.53 Å². The van der Waals surface area contributed by atoms with Crippen molar-refractivity contribution in [1.29, 1.82) is 0 Å². The molecule has 10 heteroatoms. The van der Waals surface area contributed by atoms with Crippen molar-refractivity contribution >= 4 is 35.1 Å². The van der Waals surface area contributed by atoms with E-state index in [9.17, 15) is 14.4 Å². The molecular weight excluding hydrogens is 446 g/mol. The highest BCUT2D eigenvalue weighted by molar-refractivity contribution is 7.80. The fraction of sp³-hybridized carbons (Fsp3) is 0.304. The Hall–Kier alpha value is -3.66. The molecule has 2 rings (SSSR count). The fourth-order valence-corrected chi connectivity index (χ4v) is 2.55. The average molecular weight is 474 g/mol. The Morgan fingerprint density at radius 2 is 1.67 bits per heavy atom. The van der Waals surface area contributed by atoms with Crippen molar-refractivity contribution in [3.63, 3.8) is 0 Å². The highest BCUT2D eigenvalue weighted by atomic mass is 32.1. The van der Waals surface area contributed by atoms with E-state index in [1.807, 2.05) is 13.8 Å². The first-order valence-electron chi connectivity index (χ1n) is 10.3. The molecule has 2 aromatic rings. The van der Waals surface area contributed by atoms with Crippen molar-refractivity contribution in [2.24, 2.45) is 5.92 Å². The van der Waals surface area contributed by atoms with Crippen LogP contribution < -0.4 is 25.6 Å². The van der Waals surface area contributed by atoms with E-state index < -0.39 is 17.8 Å². The number of nitrogens with one attached hydrogen (secondary N) is 3. The van der Waals surface area contributed by atoms with E-state index in [0.717, 1.165) is 0 Å². The molecule has 0 aliphatic heterocycles. The number of ether oxygens (including phenoxy) is 3. The van der Waals surface area contributed by atoms with E-state index in [-0.39, 0.29) is 18.3 Å². The molecule has 0 aliphatic carbocycles. The van der Waals surface area contributed by atoms with Gasteiger partial charge in [0.15, 0.2) is 11.7 Å². The number of benzene rings is 2. The molecular formula is C23H27N3O6S. The van der Waals surface area contributed by atoms with Crippen molar-refractivity contribution in [1.82, 2.24) is 16.2 Å². The third kappa shape index (κ3) is 9.16. The van der Waals surface area contributed by atoms with Gasteiger partial charge in [0.05, 0.1) is 18.8 Å². The summed E-state index contributed by atoms with van der Waals surface area (Å²) >= 11 is 5.03. The summed E-state index contributed by atoms with van der Waals surface area (Å²) in [6.45, 7) is 6.29. The summed E-state index contributed by atoms with van der Waals surface area (Å²) in [5.41, 5.74) is 5.52. The number of hydrogen-bond acceptors (Lipinski definition) is 7. The van der Waals surface area contributed by atoms with Gasteiger partial charge in [-0.05, 0) is 67.5 Å². The minimum atomic E-state index is -0.523. The smallest absolute Gasteiger partial charge is 0.338 e. The molecule has 0 atom stereocenters. The quantitative estimate of drug-likeness (QED) is 0.289. The van der Waals surface area contributed by atoms with Gasteiger partial charge in [-0.25, -0.2) is 4.79 Å². The number of carbonyl (C=O) groups excluding carboxylic acids is 3. The maximum atomic E-state index is 12.4. The van der Waals surface area contributed by atoms with Gasteiger partial charge in [0.25, 0.3) is 11.8 Å². The number of amides is 2. The molecule has 0 unspecified atom stereocenters. The lowest BCUT2D eigenvalue weighted by molar-refractivity contribution is -0.123. The normalized spacial score (nSPS) is 10.2. The first-order valence-corrected chi connectivity index (χ1v) is 10.7. The molecule has 0 heterocycles. The van der Waals surface area contributed by atoms with E-state index in [1.54, 1.807) is 43.3 Å². The highest BCUT2D eigenvalue weighted by Gasteiger charge is 2.11. The van der Waals surface area contributed by atoms with Gasteiger partial charge in [-0.15, -0.1) is 0 Å². The van der Waals surface area contributed by atoms with Crippen LogP contribution in [0.25, 0.3) is 0 Å². The van der Waals surface area contributed by atoms with Crippen molar-refractivity contribution in [3.05, 3.63) is 59.7 Å². The van der Waals surface area contributed by atoms with Crippen LogP contribution in [-0.4, -0.2) is 42.7 Å². The van der Waals surface area contributed by atoms with Gasteiger partial charge in [0, 0.05) is 5.56 Å². The largest absolute Gasteiger partial charge is 0.493 e. The van der Waals surface area contributed by atoms with Crippen molar-refractivity contribution in [3.8, 4) is 11.5 Å². The van der Waals surface area contributed by atoms with Gasteiger partial charge >= 0.3 is 5.97 Å². The van der Waals surface area contributed by atoms with Gasteiger partial charge in [0.1, 0.15) is 11.5 Å². The van der Waals surface area contributed by atoms with E-state index in [2.05, 4.69) is 16.2 Å². The predicted molar refractivity (Wildman–Crippen MR) is 126 cm³/mol. The molecule has 0 saturated carbocycles. The topological polar surface area (TPSA) is 115 Å². The third-order valence-electron chi connectivity index (χ3n) is 3.96. The van der Waals surface area contributed by atoms with Crippen LogP contribution >= 0.6 is 12.2 Å². The lowest BCUT2D eigenvalue weighted by Crippen LogP contribution is -2.49. The summed E-state index contributed by atoms with van der Waals surface area (Å²) in [4.78, 5) is 35.9. The molecule has 0 saturated heterocycles. The molecule has 0 aliphatic rings. The average Bonchev–Trinajstić information content (AvgIpc) is 2.80. The lowest BCUT2D eigenvalue weighted by Gasteiger charge is -2.12. The summed E-state index contributed by atoms with van der Waals surface area (Å²) in [6, 6.07) is 12.9. The van der Waals surface area contributed by atoms with Crippen molar-refractivity contribution < 1.29 is 28.6 Å². The number of carbonyl (C=O) groups is 3. The highest BCUT2D eigenvalue weighted by Crippen LogP contribution is 2.14. The Bertz CT molecular complexity index is 978. The predicted octanol–water partition coefficient (Wildman–Crippen LogP) is 2.61. The SMILES string of the molecule is CCOC(=O)c1ccc(OCC(=O)NNC(=S)NC(=O)c2cccc(OCC(C)C)c2)cc1. The first-order chi connectivity index (χ1) is 15.8. The van der Waals surface area contributed by atoms with Crippen LogP contribution in [0.3, 0.4) is 0 Å². The van der Waals surface area contributed by atoms with Gasteiger partial charge in [-0.2, -0.15) is 0 Å². The Kier molecular flexibility index (Phi) is 10.1. The van der Waals surface area contributed by atoms with Crippen molar-refractivity contribution in [2.45, 2.75) is 20.8 Å². The summed E-state index contributed by atoms with van der Waals surface area (Å²) in [5, 5.41) is 2.39. The monoisotopic (exact) mass is 473 g/mol. The number of esters is 1. The second-order valence-electron chi connectivity index (χ2n) is 7.22. The molecule has 2 aromatic carbocycles. The van der Waals surface area contributed by atoms with E-state index >= 15 is 0 Å².